The van der Waals surface area contributed by atoms with E-state index in [0.29, 0.717) is 18.3 Å². The number of sulfonamides is 1. The average molecular weight is 296 g/mol. The summed E-state index contributed by atoms with van der Waals surface area (Å²) in [7, 11) is -3.53. The van der Waals surface area contributed by atoms with Crippen molar-refractivity contribution < 1.29 is 12.9 Å². The van der Waals surface area contributed by atoms with E-state index in [1.165, 1.54) is 25.3 Å². The van der Waals surface area contributed by atoms with Gasteiger partial charge in [0.25, 0.3) is 0 Å². The van der Waals surface area contributed by atoms with Crippen LogP contribution < -0.4 is 10.0 Å². The highest BCUT2D eigenvalue weighted by molar-refractivity contribution is 7.89. The van der Waals surface area contributed by atoms with Crippen molar-refractivity contribution in [1.29, 1.82) is 0 Å². The molecule has 0 atom stereocenters. The molecule has 0 aliphatic heterocycles. The van der Waals surface area contributed by atoms with Crippen LogP contribution in [0, 0.1) is 0 Å². The molecule has 1 saturated carbocycles. The van der Waals surface area contributed by atoms with E-state index < -0.39 is 10.0 Å². The van der Waals surface area contributed by atoms with Crippen LogP contribution in [0.25, 0.3) is 0 Å². The standard InChI is InChI=1S/C12H16N4O3S/c17-20(18,15-7-10-3-4-19-16-10)12-5-11(14-8-12)6-13-9-1-2-9/h3-5,8-9,13-15H,1-2,6-7H2. The predicted molar refractivity (Wildman–Crippen MR) is 71.2 cm³/mol. The Morgan fingerprint density at radius 1 is 1.40 bits per heavy atom. The van der Waals surface area contributed by atoms with Gasteiger partial charge < -0.3 is 14.8 Å². The minimum absolute atomic E-state index is 0.111. The highest BCUT2D eigenvalue weighted by atomic mass is 32.2. The van der Waals surface area contributed by atoms with Gasteiger partial charge in [-0.1, -0.05) is 5.16 Å². The molecule has 2 aromatic rings. The summed E-state index contributed by atoms with van der Waals surface area (Å²) in [6, 6.07) is 3.84. The van der Waals surface area contributed by atoms with E-state index in [1.807, 2.05) is 0 Å². The van der Waals surface area contributed by atoms with Gasteiger partial charge in [-0.05, 0) is 18.9 Å². The maximum Gasteiger partial charge on any atom is 0.242 e. The first-order valence-corrected chi connectivity index (χ1v) is 7.91. The molecule has 108 valence electrons. The molecule has 2 heterocycles. The predicted octanol–water partition coefficient (Wildman–Crippen LogP) is 0.733. The molecule has 0 unspecified atom stereocenters. The number of hydrogen-bond acceptors (Lipinski definition) is 5. The Bertz CT molecular complexity index is 659. The molecular formula is C12H16N4O3S. The number of aromatic amines is 1. The molecule has 0 spiro atoms. The van der Waals surface area contributed by atoms with Crippen LogP contribution in [0.5, 0.6) is 0 Å². The molecule has 20 heavy (non-hydrogen) atoms. The quantitative estimate of drug-likeness (QED) is 0.699. The van der Waals surface area contributed by atoms with Crippen LogP contribution in [-0.2, 0) is 23.1 Å². The van der Waals surface area contributed by atoms with E-state index in [0.717, 1.165) is 5.69 Å². The summed E-state index contributed by atoms with van der Waals surface area (Å²) < 4.78 is 31.3. The second kappa shape index (κ2) is 5.39. The molecule has 3 N–H and O–H groups in total. The van der Waals surface area contributed by atoms with Crippen LogP contribution in [0.15, 0.2) is 34.0 Å². The van der Waals surface area contributed by atoms with Crippen molar-refractivity contribution in [3.8, 4) is 0 Å². The second-order valence-electron chi connectivity index (χ2n) is 4.83. The third-order valence-corrected chi connectivity index (χ3v) is 4.50. The number of hydrogen-bond donors (Lipinski definition) is 3. The van der Waals surface area contributed by atoms with Crippen molar-refractivity contribution in [1.82, 2.24) is 20.2 Å². The molecule has 0 saturated heterocycles. The van der Waals surface area contributed by atoms with Crippen LogP contribution in [0.2, 0.25) is 0 Å². The number of rotatable bonds is 7. The first-order valence-electron chi connectivity index (χ1n) is 6.43. The van der Waals surface area contributed by atoms with Crippen LogP contribution >= 0.6 is 0 Å². The highest BCUT2D eigenvalue weighted by Gasteiger charge is 2.21. The Labute approximate surface area is 116 Å². The fourth-order valence-corrected chi connectivity index (χ4v) is 2.81. The van der Waals surface area contributed by atoms with Crippen LogP contribution in [0.1, 0.15) is 24.2 Å². The van der Waals surface area contributed by atoms with Crippen molar-refractivity contribution in [2.24, 2.45) is 0 Å². The van der Waals surface area contributed by atoms with Crippen LogP contribution in [-0.4, -0.2) is 24.6 Å². The smallest absolute Gasteiger partial charge is 0.242 e. The lowest BCUT2D eigenvalue weighted by molar-refractivity contribution is 0.411. The van der Waals surface area contributed by atoms with E-state index in [-0.39, 0.29) is 11.4 Å². The summed E-state index contributed by atoms with van der Waals surface area (Å²) in [4.78, 5) is 3.20. The van der Waals surface area contributed by atoms with E-state index >= 15 is 0 Å². The fourth-order valence-electron chi connectivity index (χ4n) is 1.80. The van der Waals surface area contributed by atoms with Gasteiger partial charge in [-0.25, -0.2) is 13.1 Å². The van der Waals surface area contributed by atoms with Crippen LogP contribution in [0.3, 0.4) is 0 Å². The zero-order valence-corrected chi connectivity index (χ0v) is 11.6. The number of nitrogens with one attached hydrogen (secondary N) is 3. The summed E-state index contributed by atoms with van der Waals surface area (Å²) >= 11 is 0. The van der Waals surface area contributed by atoms with Gasteiger partial charge in [-0.2, -0.15) is 0 Å². The van der Waals surface area contributed by atoms with Gasteiger partial charge in [0.2, 0.25) is 10.0 Å². The lowest BCUT2D eigenvalue weighted by Gasteiger charge is -2.02. The maximum atomic E-state index is 12.1. The van der Waals surface area contributed by atoms with Crippen molar-refractivity contribution in [2.75, 3.05) is 0 Å². The normalized spacial score (nSPS) is 15.6. The van der Waals surface area contributed by atoms with E-state index in [4.69, 9.17) is 0 Å². The zero-order valence-electron chi connectivity index (χ0n) is 10.8. The minimum Gasteiger partial charge on any atom is -0.364 e. The van der Waals surface area contributed by atoms with Gasteiger partial charge in [0, 0.05) is 30.5 Å². The lowest BCUT2D eigenvalue weighted by Crippen LogP contribution is -2.23. The number of H-pyrrole nitrogens is 1. The Morgan fingerprint density at radius 2 is 2.25 bits per heavy atom. The first-order chi connectivity index (χ1) is 9.63. The SMILES string of the molecule is O=S(=O)(NCc1ccon1)c1c[nH]c(CNC2CC2)c1. The molecule has 0 aromatic carbocycles. The summed E-state index contributed by atoms with van der Waals surface area (Å²) in [5.74, 6) is 0. The molecule has 8 heteroatoms. The Morgan fingerprint density at radius 3 is 2.95 bits per heavy atom. The monoisotopic (exact) mass is 296 g/mol. The van der Waals surface area contributed by atoms with Crippen LogP contribution in [0.4, 0.5) is 0 Å². The average Bonchev–Trinajstić information content (AvgIpc) is 2.94. The maximum absolute atomic E-state index is 12.1. The molecular weight excluding hydrogens is 280 g/mol. The zero-order chi connectivity index (χ0) is 14.0. The van der Waals surface area contributed by atoms with Crippen molar-refractivity contribution >= 4 is 10.0 Å². The van der Waals surface area contributed by atoms with Gasteiger partial charge in [0.15, 0.2) is 0 Å². The number of nitrogens with zero attached hydrogens (tertiary/aromatic N) is 1. The highest BCUT2D eigenvalue weighted by Crippen LogP contribution is 2.19. The van der Waals surface area contributed by atoms with Crippen molar-refractivity contribution in [3.63, 3.8) is 0 Å². The van der Waals surface area contributed by atoms with Crippen molar-refractivity contribution in [3.05, 3.63) is 36.0 Å². The summed E-state index contributed by atoms with van der Waals surface area (Å²) in [5.41, 5.74) is 1.40. The third kappa shape index (κ3) is 3.27. The van der Waals surface area contributed by atoms with Gasteiger partial charge in [-0.15, -0.1) is 0 Å². The molecule has 0 amide bonds. The third-order valence-electron chi connectivity index (χ3n) is 3.12. The summed E-state index contributed by atoms with van der Waals surface area (Å²) in [6.07, 6.45) is 5.30. The van der Waals surface area contributed by atoms with Gasteiger partial charge in [0.1, 0.15) is 6.26 Å². The molecule has 7 nitrogen and oxygen atoms in total. The lowest BCUT2D eigenvalue weighted by atomic mass is 10.4. The molecule has 1 aliphatic rings. The van der Waals surface area contributed by atoms with E-state index in [9.17, 15) is 8.42 Å². The molecule has 0 radical (unpaired) electrons. The summed E-state index contributed by atoms with van der Waals surface area (Å²) in [5, 5.41) is 6.98. The number of aromatic nitrogens is 2. The van der Waals surface area contributed by atoms with Gasteiger partial charge in [-0.3, -0.25) is 0 Å². The molecule has 2 aromatic heterocycles. The second-order valence-corrected chi connectivity index (χ2v) is 6.60. The minimum atomic E-state index is -3.53. The fraction of sp³-hybridized carbons (Fsp3) is 0.417. The summed E-state index contributed by atoms with van der Waals surface area (Å²) in [6.45, 7) is 0.767. The Kier molecular flexibility index (Phi) is 3.60. The first kappa shape index (κ1) is 13.3. The van der Waals surface area contributed by atoms with E-state index in [2.05, 4.69) is 24.7 Å². The topological polar surface area (TPSA) is 100 Å². The Hall–Kier alpha value is -1.64. The van der Waals surface area contributed by atoms with Gasteiger partial charge >= 0.3 is 0 Å². The molecule has 1 fully saturated rings. The van der Waals surface area contributed by atoms with E-state index in [1.54, 1.807) is 12.1 Å². The molecule has 0 bridgehead atoms. The largest absolute Gasteiger partial charge is 0.364 e. The molecule has 1 aliphatic carbocycles. The molecule has 3 rings (SSSR count). The Balaban J connectivity index is 1.61. The van der Waals surface area contributed by atoms with Gasteiger partial charge in [0.05, 0.1) is 17.1 Å². The van der Waals surface area contributed by atoms with Crippen molar-refractivity contribution in [2.45, 2.75) is 36.9 Å².